The molecular weight excluding hydrogens is 234 g/mol. The Hall–Kier alpha value is -1.55. The molecule has 0 radical (unpaired) electrons. The number of thiazole rings is 1. The van der Waals surface area contributed by atoms with Gasteiger partial charge in [0.1, 0.15) is 6.79 Å². The highest BCUT2D eigenvalue weighted by molar-refractivity contribution is 7.20. The van der Waals surface area contributed by atoms with Gasteiger partial charge < -0.3 is 4.79 Å². The fourth-order valence-electron chi connectivity index (χ4n) is 1.44. The van der Waals surface area contributed by atoms with Crippen LogP contribution in [0.5, 0.6) is 0 Å². The first-order valence-electron chi connectivity index (χ1n) is 5.49. The average molecular weight is 249 g/mol. The number of hydrogen-bond donors (Lipinski definition) is 0. The Morgan fingerprint density at radius 1 is 1.35 bits per heavy atom. The minimum atomic E-state index is 0.179. The van der Waals surface area contributed by atoms with Gasteiger partial charge in [-0.05, 0) is 18.6 Å². The predicted molar refractivity (Wildman–Crippen MR) is 70.6 cm³/mol. The Morgan fingerprint density at radius 3 is 2.71 bits per heavy atom. The summed E-state index contributed by atoms with van der Waals surface area (Å²) in [6.07, 6.45) is 2.63. The van der Waals surface area contributed by atoms with Crippen LogP contribution in [0.15, 0.2) is 24.3 Å². The third kappa shape index (κ3) is 3.46. The molecule has 1 heterocycles. The van der Waals surface area contributed by atoms with E-state index < -0.39 is 0 Å². The summed E-state index contributed by atoms with van der Waals surface area (Å²) in [5, 5.41) is 0.657. The van der Waals surface area contributed by atoms with Gasteiger partial charge in [-0.2, -0.15) is 0 Å². The van der Waals surface area contributed by atoms with Crippen LogP contribution in [-0.4, -0.2) is 17.6 Å². The van der Waals surface area contributed by atoms with Crippen molar-refractivity contribution in [2.75, 3.05) is 0 Å². The molecule has 1 aromatic heterocycles. The molecule has 0 saturated carbocycles. The first kappa shape index (κ1) is 13.5. The molecule has 0 atom stereocenters. The largest absolute Gasteiger partial charge is 0.307 e. The van der Waals surface area contributed by atoms with Gasteiger partial charge in [0.2, 0.25) is 0 Å². The molecule has 2 rings (SSSR count). The van der Waals surface area contributed by atoms with Crippen molar-refractivity contribution in [3.63, 3.8) is 0 Å². The second-order valence-electron chi connectivity index (χ2n) is 3.51. The zero-order chi connectivity index (χ0) is 12.7. The molecule has 0 unspecified atom stereocenters. The van der Waals surface area contributed by atoms with Gasteiger partial charge in [0.05, 0.1) is 10.2 Å². The predicted octanol–water partition coefficient (Wildman–Crippen LogP) is 3.48. The number of unbranched alkanes of at least 4 members (excludes halogenated alkanes) is 1. The standard InChI is InChI=1S/C12H13NOS.CH2O/c1-2-3-7-10(14)12-13-9-6-4-5-8-11(9)15-12;1-2/h4-6,8H,2-3,7H2,1H3;1H2. The monoisotopic (exact) mass is 249 g/mol. The first-order chi connectivity index (χ1) is 8.31. The summed E-state index contributed by atoms with van der Waals surface area (Å²) in [6, 6.07) is 7.87. The van der Waals surface area contributed by atoms with Crippen molar-refractivity contribution in [1.82, 2.24) is 4.98 Å². The molecule has 4 heteroatoms. The van der Waals surface area contributed by atoms with Crippen LogP contribution in [0, 0.1) is 0 Å². The van der Waals surface area contributed by atoms with Gasteiger partial charge in [-0.1, -0.05) is 25.5 Å². The number of carbonyl (C=O) groups is 2. The van der Waals surface area contributed by atoms with E-state index in [-0.39, 0.29) is 5.78 Å². The first-order valence-corrected chi connectivity index (χ1v) is 6.30. The third-order valence-corrected chi connectivity index (χ3v) is 3.37. The van der Waals surface area contributed by atoms with Gasteiger partial charge >= 0.3 is 0 Å². The highest BCUT2D eigenvalue weighted by Crippen LogP contribution is 2.22. The normalized spacial score (nSPS) is 9.71. The van der Waals surface area contributed by atoms with E-state index in [0.29, 0.717) is 11.4 Å². The lowest BCUT2D eigenvalue weighted by atomic mass is 10.2. The smallest absolute Gasteiger partial charge is 0.191 e. The summed E-state index contributed by atoms with van der Waals surface area (Å²) < 4.78 is 1.09. The van der Waals surface area contributed by atoms with Crippen LogP contribution >= 0.6 is 11.3 Å². The number of para-hydroxylation sites is 1. The molecule has 0 spiro atoms. The number of aromatic nitrogens is 1. The summed E-state index contributed by atoms with van der Waals surface area (Å²) in [4.78, 5) is 24.1. The Kier molecular flexibility index (Phi) is 5.49. The average Bonchev–Trinajstić information content (AvgIpc) is 2.82. The number of fused-ring (bicyclic) bond motifs is 1. The van der Waals surface area contributed by atoms with Crippen molar-refractivity contribution in [2.45, 2.75) is 26.2 Å². The quantitative estimate of drug-likeness (QED) is 0.779. The van der Waals surface area contributed by atoms with Crippen molar-refractivity contribution < 1.29 is 9.59 Å². The number of benzene rings is 1. The Morgan fingerprint density at radius 2 is 2.06 bits per heavy atom. The second-order valence-corrected chi connectivity index (χ2v) is 4.54. The summed E-state index contributed by atoms with van der Waals surface area (Å²) in [5.41, 5.74) is 0.933. The van der Waals surface area contributed by atoms with Crippen molar-refractivity contribution in [1.29, 1.82) is 0 Å². The molecule has 0 aliphatic carbocycles. The number of ketones is 1. The molecule has 0 bridgehead atoms. The van der Waals surface area contributed by atoms with E-state index in [0.717, 1.165) is 23.1 Å². The summed E-state index contributed by atoms with van der Waals surface area (Å²) in [7, 11) is 0. The summed E-state index contributed by atoms with van der Waals surface area (Å²) >= 11 is 1.50. The van der Waals surface area contributed by atoms with Crippen LogP contribution in [0.4, 0.5) is 0 Å². The number of carbonyl (C=O) groups excluding carboxylic acids is 2. The van der Waals surface area contributed by atoms with Gasteiger partial charge in [0.15, 0.2) is 10.8 Å². The van der Waals surface area contributed by atoms with Crippen molar-refractivity contribution in [3.05, 3.63) is 29.3 Å². The SMILES string of the molecule is C=O.CCCCC(=O)c1nc2ccccc2s1. The van der Waals surface area contributed by atoms with Gasteiger partial charge in [0.25, 0.3) is 0 Å². The van der Waals surface area contributed by atoms with Crippen molar-refractivity contribution in [2.24, 2.45) is 0 Å². The molecule has 90 valence electrons. The lowest BCUT2D eigenvalue weighted by Crippen LogP contribution is -1.96. The lowest BCUT2D eigenvalue weighted by molar-refractivity contribution is -0.0979. The number of nitrogens with zero attached hydrogens (tertiary/aromatic N) is 1. The fraction of sp³-hybridized carbons (Fsp3) is 0.308. The molecule has 1 aromatic carbocycles. The van der Waals surface area contributed by atoms with E-state index in [4.69, 9.17) is 4.79 Å². The van der Waals surface area contributed by atoms with Gasteiger partial charge in [0, 0.05) is 6.42 Å². The van der Waals surface area contributed by atoms with Gasteiger partial charge in [-0.25, -0.2) is 4.98 Å². The molecule has 2 aromatic rings. The maximum Gasteiger partial charge on any atom is 0.191 e. The maximum atomic E-state index is 11.7. The van der Waals surface area contributed by atoms with E-state index in [1.165, 1.54) is 11.3 Å². The van der Waals surface area contributed by atoms with E-state index >= 15 is 0 Å². The summed E-state index contributed by atoms with van der Waals surface area (Å²) in [5.74, 6) is 0.179. The zero-order valence-electron chi connectivity index (χ0n) is 9.81. The molecule has 17 heavy (non-hydrogen) atoms. The number of rotatable bonds is 4. The van der Waals surface area contributed by atoms with E-state index in [1.807, 2.05) is 31.1 Å². The van der Waals surface area contributed by atoms with E-state index in [9.17, 15) is 4.79 Å². The zero-order valence-corrected chi connectivity index (χ0v) is 10.6. The molecule has 0 amide bonds. The van der Waals surface area contributed by atoms with E-state index in [2.05, 4.69) is 11.9 Å². The molecular formula is C13H15NO2S. The second kappa shape index (κ2) is 6.91. The molecule has 3 nitrogen and oxygen atoms in total. The van der Waals surface area contributed by atoms with Crippen LogP contribution in [-0.2, 0) is 4.79 Å². The van der Waals surface area contributed by atoms with Crippen LogP contribution in [0.3, 0.4) is 0 Å². The molecule has 0 aliphatic heterocycles. The Balaban J connectivity index is 0.000000686. The Bertz CT molecular complexity index is 460. The van der Waals surface area contributed by atoms with Crippen LogP contribution in [0.25, 0.3) is 10.2 Å². The topological polar surface area (TPSA) is 47.0 Å². The van der Waals surface area contributed by atoms with Crippen molar-refractivity contribution >= 4 is 34.1 Å². The van der Waals surface area contributed by atoms with Gasteiger partial charge in [-0.3, -0.25) is 4.79 Å². The highest BCUT2D eigenvalue weighted by atomic mass is 32.1. The van der Waals surface area contributed by atoms with Crippen LogP contribution in [0.1, 0.15) is 36.0 Å². The lowest BCUT2D eigenvalue weighted by Gasteiger charge is -1.92. The maximum absolute atomic E-state index is 11.7. The highest BCUT2D eigenvalue weighted by Gasteiger charge is 2.10. The molecule has 0 N–H and O–H groups in total. The molecule has 0 saturated heterocycles. The van der Waals surface area contributed by atoms with Crippen LogP contribution < -0.4 is 0 Å². The molecule has 0 aliphatic rings. The molecule has 0 fully saturated rings. The minimum absolute atomic E-state index is 0.179. The number of hydrogen-bond acceptors (Lipinski definition) is 4. The number of Topliss-reactive ketones (excluding diaryl/α,β-unsaturated/α-hetero) is 1. The van der Waals surface area contributed by atoms with Crippen molar-refractivity contribution in [3.8, 4) is 0 Å². The van der Waals surface area contributed by atoms with E-state index in [1.54, 1.807) is 0 Å². The third-order valence-electron chi connectivity index (χ3n) is 2.29. The van der Waals surface area contributed by atoms with Gasteiger partial charge in [-0.15, -0.1) is 11.3 Å². The minimum Gasteiger partial charge on any atom is -0.307 e. The van der Waals surface area contributed by atoms with Crippen LogP contribution in [0.2, 0.25) is 0 Å². The fourth-order valence-corrected chi connectivity index (χ4v) is 2.37. The summed E-state index contributed by atoms with van der Waals surface area (Å²) in [6.45, 7) is 4.09. The Labute approximate surface area is 104 Å².